The van der Waals surface area contributed by atoms with Crippen molar-refractivity contribution in [2.24, 2.45) is 0 Å². The van der Waals surface area contributed by atoms with Crippen LogP contribution in [0.15, 0.2) is 121 Å². The Morgan fingerprint density at radius 3 is 1.72 bits per heavy atom. The Hall–Kier alpha value is -5.80. The average molecular weight is 606 g/mol. The summed E-state index contributed by atoms with van der Waals surface area (Å²) in [6.07, 6.45) is -4.71. The first-order valence-corrected chi connectivity index (χ1v) is 15.0. The Morgan fingerprint density at radius 2 is 1.11 bits per heavy atom. The monoisotopic (exact) mass is 605 g/mol. The van der Waals surface area contributed by atoms with Gasteiger partial charge < -0.3 is 9.13 Å². The van der Waals surface area contributed by atoms with Crippen molar-refractivity contribution in [2.75, 3.05) is 0 Å². The van der Waals surface area contributed by atoms with Crippen molar-refractivity contribution in [2.45, 2.75) is 20.0 Å². The van der Waals surface area contributed by atoms with Gasteiger partial charge in [0.15, 0.2) is 0 Å². The molecule has 0 bridgehead atoms. The second kappa shape index (κ2) is 10.1. The van der Waals surface area contributed by atoms with Crippen LogP contribution in [0.5, 0.6) is 0 Å². The zero-order chi connectivity index (χ0) is 31.7. The van der Waals surface area contributed by atoms with E-state index in [1.807, 2.05) is 109 Å². The maximum absolute atomic E-state index is 15.6. The van der Waals surface area contributed by atoms with Crippen LogP contribution in [0.2, 0.25) is 0 Å². The first kappa shape index (κ1) is 27.7. The molecule has 222 valence electrons. The highest BCUT2D eigenvalue weighted by Gasteiger charge is 2.37. The lowest BCUT2D eigenvalue weighted by Crippen LogP contribution is -2.15. The lowest BCUT2D eigenvalue weighted by atomic mass is 9.98. The van der Waals surface area contributed by atoms with Gasteiger partial charge in [0, 0.05) is 21.5 Å². The van der Waals surface area contributed by atoms with Crippen LogP contribution >= 0.6 is 0 Å². The van der Waals surface area contributed by atoms with Gasteiger partial charge in [-0.05, 0) is 84.6 Å². The quantitative estimate of drug-likeness (QED) is 0.197. The van der Waals surface area contributed by atoms with Crippen LogP contribution in [0.4, 0.5) is 13.2 Å². The van der Waals surface area contributed by atoms with Gasteiger partial charge in [0.05, 0.1) is 50.6 Å². The van der Waals surface area contributed by atoms with Gasteiger partial charge in [0.1, 0.15) is 0 Å². The maximum atomic E-state index is 15.6. The summed E-state index contributed by atoms with van der Waals surface area (Å²) in [5.74, 6) is 0. The van der Waals surface area contributed by atoms with E-state index >= 15 is 13.2 Å². The van der Waals surface area contributed by atoms with E-state index in [9.17, 15) is 5.26 Å². The number of alkyl halides is 3. The van der Waals surface area contributed by atoms with Gasteiger partial charge in [0.2, 0.25) is 0 Å². The van der Waals surface area contributed by atoms with Gasteiger partial charge in [-0.2, -0.15) is 18.4 Å². The number of aromatic nitrogens is 2. The third-order valence-electron chi connectivity index (χ3n) is 8.84. The number of benzene rings is 6. The van der Waals surface area contributed by atoms with Gasteiger partial charge in [-0.25, -0.2) is 0 Å². The van der Waals surface area contributed by atoms with Crippen LogP contribution in [0.3, 0.4) is 0 Å². The number of nitriles is 1. The summed E-state index contributed by atoms with van der Waals surface area (Å²) in [6.45, 7) is 3.94. The minimum absolute atomic E-state index is 0.0497. The highest BCUT2D eigenvalue weighted by Crippen LogP contribution is 2.45. The largest absolute Gasteiger partial charge is 0.418 e. The Kier molecular flexibility index (Phi) is 6.10. The van der Waals surface area contributed by atoms with E-state index in [1.165, 1.54) is 6.07 Å². The van der Waals surface area contributed by atoms with Crippen LogP contribution in [0, 0.1) is 25.2 Å². The van der Waals surface area contributed by atoms with Gasteiger partial charge in [-0.1, -0.05) is 72.8 Å². The van der Waals surface area contributed by atoms with Crippen LogP contribution in [-0.4, -0.2) is 9.13 Å². The fourth-order valence-electron chi connectivity index (χ4n) is 6.84. The third kappa shape index (κ3) is 4.20. The molecule has 0 aliphatic carbocycles. The first-order chi connectivity index (χ1) is 22.2. The SMILES string of the molecule is Cc1ccc2c3ccccc3n(-c3cc(-c4cccc(C#N)c4)cc(C(F)(F)F)c3-n3c4ccccc4c4ccc(C)cc43)c2c1. The molecule has 0 unspecified atom stereocenters. The first-order valence-electron chi connectivity index (χ1n) is 15.0. The molecular formula is C40H26F3N3. The molecule has 0 aliphatic heterocycles. The van der Waals surface area contributed by atoms with Crippen molar-refractivity contribution in [3.63, 3.8) is 0 Å². The Bertz CT molecular complexity index is 2560. The Balaban J connectivity index is 1.63. The molecule has 2 heterocycles. The second-order valence-corrected chi connectivity index (χ2v) is 11.8. The maximum Gasteiger partial charge on any atom is 0.418 e. The lowest BCUT2D eigenvalue weighted by Gasteiger charge is -2.23. The van der Waals surface area contributed by atoms with Crippen LogP contribution in [0.25, 0.3) is 66.1 Å². The lowest BCUT2D eigenvalue weighted by molar-refractivity contribution is -0.137. The van der Waals surface area contributed by atoms with Gasteiger partial charge >= 0.3 is 6.18 Å². The van der Waals surface area contributed by atoms with Crippen LogP contribution in [0.1, 0.15) is 22.3 Å². The summed E-state index contributed by atoms with van der Waals surface area (Å²) in [6, 6.07) is 39.4. The number of nitrogens with zero attached hydrogens (tertiary/aromatic N) is 3. The predicted octanol–water partition coefficient (Wildman–Crippen LogP) is 11.1. The summed E-state index contributed by atoms with van der Waals surface area (Å²) in [7, 11) is 0. The standard InChI is InChI=1S/C40H26F3N3/c1-24-14-16-31-29-10-3-5-12-34(29)45(36(31)18-24)38-22-28(27-9-7-8-26(20-27)23-44)21-33(40(41,42)43)39(38)46-35-13-6-4-11-30(35)32-17-15-25(2)19-37(32)46/h3-22H,1-2H3. The molecule has 0 atom stereocenters. The van der Waals surface area contributed by atoms with E-state index in [1.54, 1.807) is 28.8 Å². The van der Waals surface area contributed by atoms with Gasteiger partial charge in [-0.15, -0.1) is 0 Å². The molecule has 0 spiro atoms. The van der Waals surface area contributed by atoms with E-state index in [0.717, 1.165) is 43.7 Å². The van der Waals surface area contributed by atoms with Crippen molar-refractivity contribution in [1.29, 1.82) is 5.26 Å². The second-order valence-electron chi connectivity index (χ2n) is 11.8. The molecule has 0 saturated heterocycles. The number of para-hydroxylation sites is 2. The van der Waals surface area contributed by atoms with Crippen molar-refractivity contribution >= 4 is 43.6 Å². The normalized spacial score (nSPS) is 12.0. The van der Waals surface area contributed by atoms with E-state index in [2.05, 4.69) is 6.07 Å². The van der Waals surface area contributed by atoms with Crippen molar-refractivity contribution in [3.8, 4) is 28.6 Å². The zero-order valence-corrected chi connectivity index (χ0v) is 25.0. The number of hydrogen-bond acceptors (Lipinski definition) is 1. The molecule has 6 aromatic carbocycles. The number of halogens is 3. The van der Waals surface area contributed by atoms with Crippen LogP contribution < -0.4 is 0 Å². The minimum atomic E-state index is -4.71. The topological polar surface area (TPSA) is 33.6 Å². The number of hydrogen-bond donors (Lipinski definition) is 0. The summed E-state index contributed by atoms with van der Waals surface area (Å²) in [5, 5.41) is 13.3. The van der Waals surface area contributed by atoms with E-state index in [0.29, 0.717) is 33.4 Å². The van der Waals surface area contributed by atoms with Crippen molar-refractivity contribution in [3.05, 3.63) is 144 Å². The molecule has 46 heavy (non-hydrogen) atoms. The highest BCUT2D eigenvalue weighted by molar-refractivity contribution is 6.12. The van der Waals surface area contributed by atoms with Crippen LogP contribution in [-0.2, 0) is 6.18 Å². The number of aryl methyl sites for hydroxylation is 2. The summed E-state index contributed by atoms with van der Waals surface area (Å²) in [4.78, 5) is 0. The molecule has 0 amide bonds. The molecular weight excluding hydrogens is 579 g/mol. The highest BCUT2D eigenvalue weighted by atomic mass is 19.4. The molecule has 0 N–H and O–H groups in total. The van der Waals surface area contributed by atoms with Crippen molar-refractivity contribution in [1.82, 2.24) is 9.13 Å². The predicted molar refractivity (Wildman–Crippen MR) is 180 cm³/mol. The summed E-state index contributed by atoms with van der Waals surface area (Å²) < 4.78 is 50.5. The van der Waals surface area contributed by atoms with Gasteiger partial charge in [-0.3, -0.25) is 0 Å². The fraction of sp³-hybridized carbons (Fsp3) is 0.0750. The smallest absolute Gasteiger partial charge is 0.307 e. The Labute approximate surface area is 263 Å². The Morgan fingerprint density at radius 1 is 0.543 bits per heavy atom. The van der Waals surface area contributed by atoms with E-state index < -0.39 is 11.7 Å². The average Bonchev–Trinajstić information content (AvgIpc) is 3.55. The van der Waals surface area contributed by atoms with Crippen molar-refractivity contribution < 1.29 is 13.2 Å². The molecule has 0 radical (unpaired) electrons. The molecule has 8 aromatic rings. The zero-order valence-electron chi connectivity index (χ0n) is 25.0. The van der Waals surface area contributed by atoms with Gasteiger partial charge in [0.25, 0.3) is 0 Å². The minimum Gasteiger partial charge on any atom is -0.307 e. The molecule has 0 fully saturated rings. The molecule has 8 rings (SSSR count). The molecule has 0 saturated carbocycles. The van der Waals surface area contributed by atoms with E-state index in [4.69, 9.17) is 0 Å². The summed E-state index contributed by atoms with van der Waals surface area (Å²) in [5.41, 5.74) is 5.92. The molecule has 2 aromatic heterocycles. The summed E-state index contributed by atoms with van der Waals surface area (Å²) >= 11 is 0. The number of fused-ring (bicyclic) bond motifs is 6. The molecule has 3 nitrogen and oxygen atoms in total. The molecule has 0 aliphatic rings. The van der Waals surface area contributed by atoms with E-state index in [-0.39, 0.29) is 5.69 Å². The third-order valence-corrected chi connectivity index (χ3v) is 8.84. The fourth-order valence-corrected chi connectivity index (χ4v) is 6.84. The molecule has 6 heteroatoms. The number of rotatable bonds is 3.